The highest BCUT2D eigenvalue weighted by atomic mass is 35.5. The molecule has 8 heteroatoms. The molecule has 0 bridgehead atoms. The van der Waals surface area contributed by atoms with E-state index >= 15 is 0 Å². The Balaban J connectivity index is 1.46. The monoisotopic (exact) mass is 346 g/mol. The second kappa shape index (κ2) is 6.33. The number of fused-ring (bicyclic) bond motifs is 1. The summed E-state index contributed by atoms with van der Waals surface area (Å²) >= 11 is 6.12. The maximum Gasteiger partial charge on any atom is 0.203 e. The SMILES string of the molecule is Fc1cccc(Cl)c1CN1CCN(c2nccn3cnnc23)CC1. The molecule has 1 aromatic carbocycles. The fourth-order valence-corrected chi connectivity index (χ4v) is 3.22. The number of nitrogens with zero attached hydrogens (tertiary/aromatic N) is 6. The van der Waals surface area contributed by atoms with Crippen molar-refractivity contribution >= 4 is 23.1 Å². The van der Waals surface area contributed by atoms with Crippen LogP contribution in [0.3, 0.4) is 0 Å². The van der Waals surface area contributed by atoms with Crippen LogP contribution in [0.4, 0.5) is 10.2 Å². The minimum absolute atomic E-state index is 0.250. The second-order valence-electron chi connectivity index (χ2n) is 5.78. The van der Waals surface area contributed by atoms with E-state index < -0.39 is 0 Å². The Kier molecular flexibility index (Phi) is 4.03. The first kappa shape index (κ1) is 15.3. The predicted octanol–water partition coefficient (Wildman–Crippen LogP) is 2.24. The summed E-state index contributed by atoms with van der Waals surface area (Å²) in [5.74, 6) is 0.582. The lowest BCUT2D eigenvalue weighted by molar-refractivity contribution is 0.246. The van der Waals surface area contributed by atoms with Gasteiger partial charge in [0.05, 0.1) is 0 Å². The molecule has 0 aliphatic carbocycles. The zero-order valence-electron chi connectivity index (χ0n) is 12.9. The molecule has 6 nitrogen and oxygen atoms in total. The van der Waals surface area contributed by atoms with Crippen molar-refractivity contribution in [3.05, 3.63) is 53.3 Å². The normalized spacial score (nSPS) is 16.0. The summed E-state index contributed by atoms with van der Waals surface area (Å²) in [7, 11) is 0. The predicted molar refractivity (Wildman–Crippen MR) is 89.7 cm³/mol. The van der Waals surface area contributed by atoms with Gasteiger partial charge in [-0.3, -0.25) is 9.30 Å². The van der Waals surface area contributed by atoms with Gasteiger partial charge in [0.2, 0.25) is 5.65 Å². The van der Waals surface area contributed by atoms with Gasteiger partial charge >= 0.3 is 0 Å². The van der Waals surface area contributed by atoms with Gasteiger partial charge in [-0.05, 0) is 12.1 Å². The molecule has 0 spiro atoms. The first-order valence-electron chi connectivity index (χ1n) is 7.77. The Morgan fingerprint density at radius 1 is 1.17 bits per heavy atom. The third-order valence-electron chi connectivity index (χ3n) is 4.31. The minimum atomic E-state index is -0.250. The standard InChI is InChI=1S/C16H16ClFN6/c17-13-2-1-3-14(18)12(13)10-22-6-8-23(9-7-22)15-16-21-20-11-24(16)5-4-19-15/h1-5,11H,6-10H2. The maximum atomic E-state index is 13.9. The molecule has 0 atom stereocenters. The number of piperazine rings is 1. The largest absolute Gasteiger partial charge is 0.351 e. The van der Waals surface area contributed by atoms with Gasteiger partial charge in [-0.25, -0.2) is 9.37 Å². The van der Waals surface area contributed by atoms with Crippen molar-refractivity contribution in [2.45, 2.75) is 6.54 Å². The molecule has 0 amide bonds. The van der Waals surface area contributed by atoms with Gasteiger partial charge in [-0.1, -0.05) is 17.7 Å². The number of aromatic nitrogens is 4. The number of rotatable bonds is 3. The van der Waals surface area contributed by atoms with Gasteiger partial charge < -0.3 is 4.90 Å². The molecule has 0 saturated carbocycles. The third-order valence-corrected chi connectivity index (χ3v) is 4.67. The molecule has 0 radical (unpaired) electrons. The minimum Gasteiger partial charge on any atom is -0.351 e. The first-order chi connectivity index (χ1) is 11.7. The van der Waals surface area contributed by atoms with Gasteiger partial charge in [0.15, 0.2) is 5.82 Å². The number of hydrogen-bond donors (Lipinski definition) is 0. The second-order valence-corrected chi connectivity index (χ2v) is 6.18. The Morgan fingerprint density at radius 2 is 2.00 bits per heavy atom. The van der Waals surface area contributed by atoms with Gasteiger partial charge in [0.1, 0.15) is 12.1 Å². The zero-order valence-corrected chi connectivity index (χ0v) is 13.7. The van der Waals surface area contributed by atoms with Gasteiger partial charge in [-0.15, -0.1) is 10.2 Å². The van der Waals surface area contributed by atoms with Crippen molar-refractivity contribution in [1.82, 2.24) is 24.5 Å². The lowest BCUT2D eigenvalue weighted by Gasteiger charge is -2.35. The summed E-state index contributed by atoms with van der Waals surface area (Å²) in [6.07, 6.45) is 5.24. The van der Waals surface area contributed by atoms with E-state index in [4.69, 9.17) is 11.6 Å². The average molecular weight is 347 g/mol. The van der Waals surface area contributed by atoms with Crippen molar-refractivity contribution < 1.29 is 4.39 Å². The van der Waals surface area contributed by atoms with Crippen LogP contribution in [0.25, 0.3) is 5.65 Å². The highest BCUT2D eigenvalue weighted by molar-refractivity contribution is 6.31. The zero-order chi connectivity index (χ0) is 16.5. The molecule has 0 N–H and O–H groups in total. The quantitative estimate of drug-likeness (QED) is 0.728. The van der Waals surface area contributed by atoms with Crippen molar-refractivity contribution in [3.8, 4) is 0 Å². The Hall–Kier alpha value is -2.25. The van der Waals surface area contributed by atoms with Crippen molar-refractivity contribution in [3.63, 3.8) is 0 Å². The molecule has 1 aliphatic heterocycles. The van der Waals surface area contributed by atoms with Crippen molar-refractivity contribution in [2.75, 3.05) is 31.1 Å². The van der Waals surface area contributed by atoms with E-state index in [2.05, 4.69) is 25.0 Å². The summed E-state index contributed by atoms with van der Waals surface area (Å²) in [6, 6.07) is 4.81. The highest BCUT2D eigenvalue weighted by Gasteiger charge is 2.22. The Bertz CT molecular complexity index is 838. The molecule has 4 rings (SSSR count). The van der Waals surface area contributed by atoms with Crippen LogP contribution >= 0.6 is 11.6 Å². The molecule has 124 valence electrons. The van der Waals surface area contributed by atoms with E-state index in [0.29, 0.717) is 17.1 Å². The van der Waals surface area contributed by atoms with E-state index in [1.807, 2.05) is 10.6 Å². The van der Waals surface area contributed by atoms with Gasteiger partial charge in [0.25, 0.3) is 0 Å². The van der Waals surface area contributed by atoms with E-state index in [9.17, 15) is 4.39 Å². The lowest BCUT2D eigenvalue weighted by atomic mass is 10.2. The van der Waals surface area contributed by atoms with Gasteiger partial charge in [-0.2, -0.15) is 0 Å². The van der Waals surface area contributed by atoms with Crippen molar-refractivity contribution in [2.24, 2.45) is 0 Å². The number of halogens is 2. The van der Waals surface area contributed by atoms with Crippen LogP contribution in [0.5, 0.6) is 0 Å². The highest BCUT2D eigenvalue weighted by Crippen LogP contribution is 2.23. The molecule has 1 saturated heterocycles. The average Bonchev–Trinajstić information content (AvgIpc) is 3.08. The summed E-state index contributed by atoms with van der Waals surface area (Å²) in [4.78, 5) is 8.83. The van der Waals surface area contributed by atoms with E-state index in [0.717, 1.165) is 37.6 Å². The molecular formula is C16H16ClFN6. The fraction of sp³-hybridized carbons (Fsp3) is 0.312. The van der Waals surface area contributed by atoms with E-state index in [-0.39, 0.29) is 5.82 Å². The molecule has 2 aromatic heterocycles. The van der Waals surface area contributed by atoms with Crippen LogP contribution < -0.4 is 4.90 Å². The molecular weight excluding hydrogens is 331 g/mol. The summed E-state index contributed by atoms with van der Waals surface area (Å²) in [5.41, 5.74) is 1.31. The van der Waals surface area contributed by atoms with Crippen LogP contribution in [-0.4, -0.2) is 50.7 Å². The Morgan fingerprint density at radius 3 is 2.79 bits per heavy atom. The van der Waals surface area contributed by atoms with Gasteiger partial charge in [0, 0.05) is 55.7 Å². The number of hydrogen-bond acceptors (Lipinski definition) is 5. The molecule has 3 aromatic rings. The van der Waals surface area contributed by atoms with Crippen LogP contribution in [0.15, 0.2) is 36.9 Å². The summed E-state index contributed by atoms with van der Waals surface area (Å²) in [5, 5.41) is 8.54. The van der Waals surface area contributed by atoms with E-state index in [1.54, 1.807) is 24.7 Å². The smallest absolute Gasteiger partial charge is 0.203 e. The molecule has 24 heavy (non-hydrogen) atoms. The van der Waals surface area contributed by atoms with Crippen molar-refractivity contribution in [1.29, 1.82) is 0 Å². The van der Waals surface area contributed by atoms with Crippen LogP contribution in [0.1, 0.15) is 5.56 Å². The lowest BCUT2D eigenvalue weighted by Crippen LogP contribution is -2.46. The first-order valence-corrected chi connectivity index (χ1v) is 8.15. The molecule has 3 heterocycles. The third kappa shape index (κ3) is 2.81. The molecule has 1 fully saturated rings. The maximum absolute atomic E-state index is 13.9. The topological polar surface area (TPSA) is 49.6 Å². The van der Waals surface area contributed by atoms with Crippen LogP contribution in [0.2, 0.25) is 5.02 Å². The van der Waals surface area contributed by atoms with Crippen LogP contribution in [0, 0.1) is 5.82 Å². The summed E-state index contributed by atoms with van der Waals surface area (Å²) in [6.45, 7) is 3.72. The van der Waals surface area contributed by atoms with Crippen LogP contribution in [-0.2, 0) is 6.54 Å². The summed E-state index contributed by atoms with van der Waals surface area (Å²) < 4.78 is 15.8. The Labute approximate surface area is 143 Å². The molecule has 0 unspecified atom stereocenters. The number of benzene rings is 1. The fourth-order valence-electron chi connectivity index (χ4n) is 2.99. The molecule has 1 aliphatic rings. The number of anilines is 1. The van der Waals surface area contributed by atoms with E-state index in [1.165, 1.54) is 6.07 Å².